The maximum atomic E-state index is 11.7. The van der Waals surface area contributed by atoms with Crippen LogP contribution in [0, 0.1) is 22.7 Å². The average Bonchev–Trinajstić information content (AvgIpc) is 2.34. The molecule has 4 rings (SSSR count). The summed E-state index contributed by atoms with van der Waals surface area (Å²) in [6, 6.07) is 0. The van der Waals surface area contributed by atoms with Crippen molar-refractivity contribution in [3.63, 3.8) is 0 Å². The van der Waals surface area contributed by atoms with E-state index in [0.717, 1.165) is 32.1 Å². The largest absolute Gasteiger partial charge is 0.481 e. The van der Waals surface area contributed by atoms with Crippen molar-refractivity contribution in [1.82, 2.24) is 0 Å². The van der Waals surface area contributed by atoms with Crippen molar-refractivity contribution in [3.05, 3.63) is 12.2 Å². The summed E-state index contributed by atoms with van der Waals surface area (Å²) in [5.74, 6) is -0.0147. The van der Waals surface area contributed by atoms with E-state index in [1.807, 2.05) is 0 Å². The Morgan fingerprint density at radius 3 is 2.35 bits per heavy atom. The first-order chi connectivity index (χ1) is 9.34. The molecule has 0 aromatic carbocycles. The monoisotopic (exact) mass is 278 g/mol. The van der Waals surface area contributed by atoms with Crippen LogP contribution in [0.1, 0.15) is 45.4 Å². The third-order valence-corrected chi connectivity index (χ3v) is 5.49. The van der Waals surface area contributed by atoms with Crippen LogP contribution in [0.2, 0.25) is 0 Å². The first-order valence-electron chi connectivity index (χ1n) is 7.40. The summed E-state index contributed by atoms with van der Waals surface area (Å²) >= 11 is 0. The van der Waals surface area contributed by atoms with Crippen molar-refractivity contribution in [3.8, 4) is 0 Å². The minimum Gasteiger partial charge on any atom is -0.481 e. The highest BCUT2D eigenvalue weighted by Crippen LogP contribution is 2.65. The van der Waals surface area contributed by atoms with Crippen LogP contribution in [0.3, 0.4) is 0 Å². The van der Waals surface area contributed by atoms with Gasteiger partial charge in [-0.1, -0.05) is 6.58 Å². The van der Waals surface area contributed by atoms with Crippen LogP contribution in [0.4, 0.5) is 0 Å². The summed E-state index contributed by atoms with van der Waals surface area (Å²) in [7, 11) is 0. The van der Waals surface area contributed by atoms with Gasteiger partial charge in [-0.3, -0.25) is 4.79 Å². The molecule has 0 aliphatic heterocycles. The number of carbonyl (C=O) groups excluding carboxylic acids is 1. The fourth-order valence-electron chi connectivity index (χ4n) is 5.21. The van der Waals surface area contributed by atoms with Crippen molar-refractivity contribution >= 4 is 11.9 Å². The molecule has 110 valence electrons. The molecule has 2 unspecified atom stereocenters. The standard InChI is InChI=1S/C16H22O4/c1-10(2)13(17)20-9-15-4-11-3-12(5-15)7-16(6-11,8-15)14(18)19/h11-12H,1,3-9H2,2H3,(H,18,19). The second-order valence-corrected chi connectivity index (χ2v) is 7.40. The number of carboxylic acid groups (broad SMARTS) is 1. The van der Waals surface area contributed by atoms with E-state index in [2.05, 4.69) is 6.58 Å². The van der Waals surface area contributed by atoms with Crippen LogP contribution in [0.15, 0.2) is 12.2 Å². The van der Waals surface area contributed by atoms with Gasteiger partial charge in [0.1, 0.15) is 0 Å². The number of hydrogen-bond acceptors (Lipinski definition) is 3. The number of carbonyl (C=O) groups is 2. The third-order valence-electron chi connectivity index (χ3n) is 5.49. The highest BCUT2D eigenvalue weighted by Gasteiger charge is 2.61. The van der Waals surface area contributed by atoms with E-state index in [9.17, 15) is 14.7 Å². The molecule has 0 heterocycles. The zero-order valence-corrected chi connectivity index (χ0v) is 12.0. The third kappa shape index (κ3) is 2.05. The molecule has 4 fully saturated rings. The van der Waals surface area contributed by atoms with Gasteiger partial charge in [-0.15, -0.1) is 0 Å². The van der Waals surface area contributed by atoms with Crippen LogP contribution < -0.4 is 0 Å². The summed E-state index contributed by atoms with van der Waals surface area (Å²) in [6.45, 7) is 5.59. The lowest BCUT2D eigenvalue weighted by molar-refractivity contribution is -0.182. The predicted octanol–water partition coefficient (Wildman–Crippen LogP) is 2.78. The molecule has 20 heavy (non-hydrogen) atoms. The Morgan fingerprint density at radius 1 is 1.25 bits per heavy atom. The maximum absolute atomic E-state index is 11.7. The summed E-state index contributed by atoms with van der Waals surface area (Å²) in [4.78, 5) is 23.3. The summed E-state index contributed by atoms with van der Waals surface area (Å²) < 4.78 is 5.38. The number of ether oxygens (including phenoxy) is 1. The van der Waals surface area contributed by atoms with Crippen LogP contribution in [-0.2, 0) is 14.3 Å². The van der Waals surface area contributed by atoms with Gasteiger partial charge >= 0.3 is 11.9 Å². The second-order valence-electron chi connectivity index (χ2n) is 7.40. The fourth-order valence-corrected chi connectivity index (χ4v) is 5.21. The molecule has 0 spiro atoms. The molecule has 2 atom stereocenters. The van der Waals surface area contributed by atoms with Gasteiger partial charge in [0.2, 0.25) is 0 Å². The van der Waals surface area contributed by atoms with E-state index in [4.69, 9.17) is 4.74 Å². The summed E-state index contributed by atoms with van der Waals surface area (Å²) in [6.07, 6.45) is 5.49. The maximum Gasteiger partial charge on any atom is 0.333 e. The zero-order valence-electron chi connectivity index (χ0n) is 12.0. The molecule has 4 aliphatic carbocycles. The second kappa shape index (κ2) is 4.34. The molecular formula is C16H22O4. The number of aliphatic carboxylic acids is 1. The van der Waals surface area contributed by atoms with Crippen LogP contribution in [0.5, 0.6) is 0 Å². The van der Waals surface area contributed by atoms with Crippen LogP contribution in [-0.4, -0.2) is 23.7 Å². The van der Waals surface area contributed by atoms with Gasteiger partial charge in [0.05, 0.1) is 12.0 Å². The lowest BCUT2D eigenvalue weighted by atomic mass is 9.44. The molecule has 0 aromatic rings. The van der Waals surface area contributed by atoms with E-state index < -0.39 is 11.4 Å². The van der Waals surface area contributed by atoms with Crippen molar-refractivity contribution in [1.29, 1.82) is 0 Å². The summed E-state index contributed by atoms with van der Waals surface area (Å²) in [5, 5.41) is 9.64. The van der Waals surface area contributed by atoms with Gasteiger partial charge < -0.3 is 9.84 Å². The lowest BCUT2D eigenvalue weighted by Crippen LogP contribution is -2.56. The Morgan fingerprint density at radius 2 is 1.85 bits per heavy atom. The fraction of sp³-hybridized carbons (Fsp3) is 0.750. The van der Waals surface area contributed by atoms with Crippen molar-refractivity contribution in [2.75, 3.05) is 6.61 Å². The normalized spacial score (nSPS) is 41.5. The predicted molar refractivity (Wildman–Crippen MR) is 73.0 cm³/mol. The zero-order chi connectivity index (χ0) is 14.5. The Hall–Kier alpha value is -1.32. The molecule has 0 saturated heterocycles. The van der Waals surface area contributed by atoms with Crippen LogP contribution >= 0.6 is 0 Å². The van der Waals surface area contributed by atoms with E-state index in [1.165, 1.54) is 0 Å². The van der Waals surface area contributed by atoms with E-state index >= 15 is 0 Å². The number of esters is 1. The molecule has 0 amide bonds. The molecular weight excluding hydrogens is 256 g/mol. The van der Waals surface area contributed by atoms with Gasteiger partial charge in [0.25, 0.3) is 0 Å². The molecule has 4 aliphatic rings. The number of hydrogen-bond donors (Lipinski definition) is 1. The molecule has 4 nitrogen and oxygen atoms in total. The highest BCUT2D eigenvalue weighted by atomic mass is 16.5. The number of rotatable bonds is 4. The van der Waals surface area contributed by atoms with E-state index in [-0.39, 0.29) is 11.4 Å². The topological polar surface area (TPSA) is 63.6 Å². The molecule has 0 radical (unpaired) electrons. The average molecular weight is 278 g/mol. The van der Waals surface area contributed by atoms with Gasteiger partial charge in [0, 0.05) is 11.0 Å². The van der Waals surface area contributed by atoms with Crippen LogP contribution in [0.25, 0.3) is 0 Å². The molecule has 1 N–H and O–H groups in total. The first-order valence-corrected chi connectivity index (χ1v) is 7.40. The van der Waals surface area contributed by atoms with Gasteiger partial charge in [0.15, 0.2) is 0 Å². The smallest absolute Gasteiger partial charge is 0.333 e. The van der Waals surface area contributed by atoms with Gasteiger partial charge in [-0.2, -0.15) is 0 Å². The highest BCUT2D eigenvalue weighted by molar-refractivity contribution is 5.87. The quantitative estimate of drug-likeness (QED) is 0.634. The Kier molecular flexibility index (Phi) is 2.96. The molecule has 4 heteroatoms. The summed E-state index contributed by atoms with van der Waals surface area (Å²) in [5.41, 5.74) is -0.254. The van der Waals surface area contributed by atoms with Crippen molar-refractivity contribution in [2.24, 2.45) is 22.7 Å². The van der Waals surface area contributed by atoms with Gasteiger partial charge in [-0.25, -0.2) is 4.79 Å². The van der Waals surface area contributed by atoms with E-state index in [1.54, 1.807) is 6.92 Å². The Bertz CT molecular complexity index is 465. The van der Waals surface area contributed by atoms with Crippen molar-refractivity contribution < 1.29 is 19.4 Å². The lowest BCUT2D eigenvalue weighted by Gasteiger charge is -2.60. The Balaban J connectivity index is 1.78. The molecule has 4 bridgehead atoms. The van der Waals surface area contributed by atoms with E-state index in [0.29, 0.717) is 30.4 Å². The molecule has 0 aromatic heterocycles. The first kappa shape index (κ1) is 13.7. The van der Waals surface area contributed by atoms with Crippen molar-refractivity contribution in [2.45, 2.75) is 45.4 Å². The minimum absolute atomic E-state index is 0.104. The SMILES string of the molecule is C=C(C)C(=O)OCC12CC3CC(C1)CC(C(=O)O)(C3)C2. The molecule has 4 saturated carbocycles. The number of carboxylic acids is 1. The van der Waals surface area contributed by atoms with Gasteiger partial charge in [-0.05, 0) is 57.3 Å². The minimum atomic E-state index is -0.651. The Labute approximate surface area is 119 Å².